The first kappa shape index (κ1) is 9.84. The van der Waals surface area contributed by atoms with Crippen molar-refractivity contribution >= 4 is 19.6 Å². The number of benzene rings is 1. The Balaban J connectivity index is 2.57. The third-order valence-corrected chi connectivity index (χ3v) is 4.26. The van der Waals surface area contributed by atoms with Gasteiger partial charge in [-0.3, -0.25) is 0 Å². The number of hydrogen-bond acceptors (Lipinski definition) is 0. The first-order valence-corrected chi connectivity index (χ1v) is 5.98. The molecule has 62 valence electrons. The molecule has 0 amide bonds. The van der Waals surface area contributed by atoms with Gasteiger partial charge in [0, 0.05) is 0 Å². The zero-order chi connectivity index (χ0) is 8.97. The normalized spacial score (nSPS) is 10.0. The summed E-state index contributed by atoms with van der Waals surface area (Å²) < 4.78 is 1.59. The Morgan fingerprint density at radius 2 is 1.92 bits per heavy atom. The molecule has 0 aromatic heterocycles. The van der Waals surface area contributed by atoms with Gasteiger partial charge in [0.05, 0.1) is 0 Å². The monoisotopic (exact) mass is 175 g/mol. The average Bonchev–Trinajstić information content (AvgIpc) is 2.03. The van der Waals surface area contributed by atoms with Crippen LogP contribution in [0.5, 0.6) is 0 Å². The molecule has 0 aliphatic carbocycles. The van der Waals surface area contributed by atoms with Crippen molar-refractivity contribution in [3.8, 4) is 0 Å². The minimum atomic E-state index is 0.498. The Hall–Kier alpha value is -0.248. The minimum absolute atomic E-state index is 0.498. The SMILES string of the molecule is Cc1cccc[c]1[Al+][CH2]C(C)C. The Labute approximate surface area is 81.7 Å². The topological polar surface area (TPSA) is 0 Å². The fourth-order valence-electron chi connectivity index (χ4n) is 1.18. The van der Waals surface area contributed by atoms with Crippen molar-refractivity contribution in [3.05, 3.63) is 29.8 Å². The first-order chi connectivity index (χ1) is 5.70. The Bertz CT molecular complexity index is 241. The summed E-state index contributed by atoms with van der Waals surface area (Å²) >= 11 is 0.498. The Morgan fingerprint density at radius 3 is 2.50 bits per heavy atom. The molecule has 0 aliphatic heterocycles. The van der Waals surface area contributed by atoms with Crippen LogP contribution in [-0.4, -0.2) is 15.2 Å². The van der Waals surface area contributed by atoms with Gasteiger partial charge < -0.3 is 0 Å². The molecule has 0 radical (unpaired) electrons. The molecule has 0 bridgehead atoms. The van der Waals surface area contributed by atoms with Crippen molar-refractivity contribution in [2.24, 2.45) is 5.92 Å². The summed E-state index contributed by atoms with van der Waals surface area (Å²) in [5, 5.41) is 1.38. The second-order valence-corrected chi connectivity index (χ2v) is 5.19. The fourth-order valence-corrected chi connectivity index (χ4v) is 2.57. The molecule has 0 N–H and O–H groups in total. The molecule has 0 spiro atoms. The van der Waals surface area contributed by atoms with Crippen molar-refractivity contribution in [2.45, 2.75) is 26.1 Å². The van der Waals surface area contributed by atoms with Gasteiger partial charge >= 0.3 is 81.4 Å². The van der Waals surface area contributed by atoms with Crippen LogP contribution in [0.2, 0.25) is 5.28 Å². The van der Waals surface area contributed by atoms with Crippen LogP contribution < -0.4 is 4.43 Å². The van der Waals surface area contributed by atoms with Crippen LogP contribution in [0, 0.1) is 12.8 Å². The summed E-state index contributed by atoms with van der Waals surface area (Å²) in [5.74, 6) is 0.847. The Morgan fingerprint density at radius 1 is 1.25 bits per heavy atom. The number of rotatable bonds is 3. The summed E-state index contributed by atoms with van der Waals surface area (Å²) in [6.07, 6.45) is 0. The van der Waals surface area contributed by atoms with E-state index in [0.717, 1.165) is 5.92 Å². The van der Waals surface area contributed by atoms with Gasteiger partial charge in [0.2, 0.25) is 0 Å². The average molecular weight is 175 g/mol. The Kier molecular flexibility index (Phi) is 3.85. The van der Waals surface area contributed by atoms with Crippen molar-refractivity contribution < 1.29 is 0 Å². The van der Waals surface area contributed by atoms with Crippen LogP contribution in [0.4, 0.5) is 0 Å². The molecule has 0 unspecified atom stereocenters. The van der Waals surface area contributed by atoms with Crippen LogP contribution >= 0.6 is 0 Å². The van der Waals surface area contributed by atoms with Crippen molar-refractivity contribution in [2.75, 3.05) is 0 Å². The van der Waals surface area contributed by atoms with E-state index in [4.69, 9.17) is 0 Å². The predicted octanol–water partition coefficient (Wildman–Crippen LogP) is 2.40. The van der Waals surface area contributed by atoms with Crippen molar-refractivity contribution in [3.63, 3.8) is 0 Å². The van der Waals surface area contributed by atoms with Crippen LogP contribution in [-0.2, 0) is 0 Å². The molecule has 0 nitrogen and oxygen atoms in total. The summed E-state index contributed by atoms with van der Waals surface area (Å²) in [6.45, 7) is 6.80. The van der Waals surface area contributed by atoms with Gasteiger partial charge in [0.15, 0.2) is 0 Å². The van der Waals surface area contributed by atoms with E-state index >= 15 is 0 Å². The van der Waals surface area contributed by atoms with E-state index in [1.807, 2.05) is 0 Å². The zero-order valence-corrected chi connectivity index (χ0v) is 9.33. The molecule has 12 heavy (non-hydrogen) atoms. The standard InChI is InChI=1S/C7H7.C4H9.Al/c1-7-5-3-2-4-6-7;1-4(2)3;/h2-5H,1H3;4H,1H2,2-3H3;/q;;+1. The molecular formula is C11H16Al+. The molecule has 0 saturated carbocycles. The van der Waals surface area contributed by atoms with Crippen molar-refractivity contribution in [1.29, 1.82) is 0 Å². The molecule has 0 saturated heterocycles. The van der Waals surface area contributed by atoms with Gasteiger partial charge in [-0.1, -0.05) is 0 Å². The molecule has 1 aromatic carbocycles. The molecule has 0 aliphatic rings. The third kappa shape index (κ3) is 3.01. The van der Waals surface area contributed by atoms with Gasteiger partial charge in [-0.2, -0.15) is 0 Å². The summed E-state index contributed by atoms with van der Waals surface area (Å²) in [4.78, 5) is 0. The van der Waals surface area contributed by atoms with Crippen LogP contribution in [0.3, 0.4) is 0 Å². The number of hydrogen-bond donors (Lipinski definition) is 0. The van der Waals surface area contributed by atoms with Gasteiger partial charge in [0.1, 0.15) is 0 Å². The van der Waals surface area contributed by atoms with Gasteiger partial charge in [0.25, 0.3) is 0 Å². The summed E-state index contributed by atoms with van der Waals surface area (Å²) in [7, 11) is 0. The molecule has 1 aromatic rings. The van der Waals surface area contributed by atoms with E-state index in [1.54, 1.807) is 4.43 Å². The number of aryl methyl sites for hydroxylation is 1. The van der Waals surface area contributed by atoms with E-state index in [-0.39, 0.29) is 0 Å². The molecule has 0 atom stereocenters. The third-order valence-electron chi connectivity index (χ3n) is 2.00. The second kappa shape index (κ2) is 4.70. The molecule has 0 heterocycles. The van der Waals surface area contributed by atoms with E-state index in [1.165, 1.54) is 10.8 Å². The quantitative estimate of drug-likeness (QED) is 0.619. The molecular weight excluding hydrogens is 159 g/mol. The van der Waals surface area contributed by atoms with Gasteiger partial charge in [-0.25, -0.2) is 0 Å². The molecule has 0 fully saturated rings. The van der Waals surface area contributed by atoms with Crippen LogP contribution in [0.25, 0.3) is 0 Å². The second-order valence-electron chi connectivity index (χ2n) is 3.69. The van der Waals surface area contributed by atoms with Crippen LogP contribution in [0.1, 0.15) is 19.4 Å². The fraction of sp³-hybridized carbons (Fsp3) is 0.455. The van der Waals surface area contributed by atoms with Gasteiger partial charge in [-0.15, -0.1) is 0 Å². The zero-order valence-electron chi connectivity index (χ0n) is 8.17. The van der Waals surface area contributed by atoms with Gasteiger partial charge in [-0.05, 0) is 0 Å². The maximum absolute atomic E-state index is 2.30. The van der Waals surface area contributed by atoms with E-state index in [9.17, 15) is 0 Å². The van der Waals surface area contributed by atoms with E-state index in [0.29, 0.717) is 15.2 Å². The summed E-state index contributed by atoms with van der Waals surface area (Å²) in [5.41, 5.74) is 1.47. The first-order valence-electron chi connectivity index (χ1n) is 4.59. The molecule has 1 heteroatoms. The predicted molar refractivity (Wildman–Crippen MR) is 56.2 cm³/mol. The van der Waals surface area contributed by atoms with Crippen molar-refractivity contribution in [1.82, 2.24) is 0 Å². The van der Waals surface area contributed by atoms with E-state index < -0.39 is 0 Å². The maximum atomic E-state index is 2.30. The summed E-state index contributed by atoms with van der Waals surface area (Å²) in [6, 6.07) is 8.75. The van der Waals surface area contributed by atoms with Crippen LogP contribution in [0.15, 0.2) is 24.3 Å². The molecule has 1 rings (SSSR count). The van der Waals surface area contributed by atoms with E-state index in [2.05, 4.69) is 45.0 Å².